The van der Waals surface area contributed by atoms with E-state index in [-0.39, 0.29) is 17.3 Å². The fraction of sp³-hybridized carbons (Fsp3) is 0.192. The Morgan fingerprint density at radius 2 is 1.88 bits per heavy atom. The average molecular weight is 587 g/mol. The zero-order valence-electron chi connectivity index (χ0n) is 18.6. The van der Waals surface area contributed by atoms with Crippen LogP contribution in [0.5, 0.6) is 5.75 Å². The molecule has 3 aromatic carbocycles. The quantitative estimate of drug-likeness (QED) is 0.218. The van der Waals surface area contributed by atoms with Crippen molar-refractivity contribution in [3.63, 3.8) is 0 Å². The minimum absolute atomic E-state index is 0.0619. The maximum absolute atomic E-state index is 13.2. The van der Waals surface area contributed by atoms with Crippen LogP contribution in [-0.4, -0.2) is 15.9 Å². The van der Waals surface area contributed by atoms with Crippen molar-refractivity contribution >= 4 is 49.0 Å². The van der Waals surface area contributed by atoms with E-state index < -0.39 is 0 Å². The second-order valence-electron chi connectivity index (χ2n) is 7.91. The molecule has 0 radical (unpaired) electrons. The number of halogens is 3. The standard InChI is InChI=1S/C26H22Br2FN3O2/c1-3-16(2)25-31-23-10-7-19(27)13-21(23)26(33)32(25)30-14-18-6-11-24(22(28)12-18)34-15-17-4-8-20(29)9-5-17/h4-14,16H,3,15H2,1-2H3/t16-/m0/s1. The van der Waals surface area contributed by atoms with Gasteiger partial charge in [0, 0.05) is 10.4 Å². The van der Waals surface area contributed by atoms with Crippen molar-refractivity contribution in [2.24, 2.45) is 5.10 Å². The van der Waals surface area contributed by atoms with Crippen molar-refractivity contribution in [1.29, 1.82) is 0 Å². The zero-order valence-corrected chi connectivity index (χ0v) is 21.8. The zero-order chi connectivity index (χ0) is 24.2. The number of ether oxygens (including phenoxy) is 1. The van der Waals surface area contributed by atoms with Crippen LogP contribution in [0, 0.1) is 5.82 Å². The number of hydrogen-bond acceptors (Lipinski definition) is 4. The Kier molecular flexibility index (Phi) is 7.58. The van der Waals surface area contributed by atoms with Crippen LogP contribution in [0.3, 0.4) is 0 Å². The Hall–Kier alpha value is -2.84. The second kappa shape index (κ2) is 10.6. The number of nitrogens with zero attached hydrogens (tertiary/aromatic N) is 3. The smallest absolute Gasteiger partial charge is 0.282 e. The van der Waals surface area contributed by atoms with Gasteiger partial charge < -0.3 is 4.74 Å². The molecule has 0 aliphatic rings. The molecule has 0 amide bonds. The lowest BCUT2D eigenvalue weighted by Gasteiger charge is -2.14. The molecule has 1 atom stereocenters. The molecule has 8 heteroatoms. The van der Waals surface area contributed by atoms with Crippen molar-refractivity contribution in [2.75, 3.05) is 0 Å². The van der Waals surface area contributed by atoms with E-state index in [0.29, 0.717) is 29.1 Å². The minimum atomic E-state index is -0.279. The highest BCUT2D eigenvalue weighted by Gasteiger charge is 2.15. The van der Waals surface area contributed by atoms with Gasteiger partial charge >= 0.3 is 0 Å². The van der Waals surface area contributed by atoms with Crippen LogP contribution >= 0.6 is 31.9 Å². The first-order valence-electron chi connectivity index (χ1n) is 10.8. The fourth-order valence-corrected chi connectivity index (χ4v) is 4.23. The molecule has 0 N–H and O–H groups in total. The van der Waals surface area contributed by atoms with E-state index in [4.69, 9.17) is 9.72 Å². The van der Waals surface area contributed by atoms with Crippen LogP contribution in [0.2, 0.25) is 0 Å². The van der Waals surface area contributed by atoms with Crippen molar-refractivity contribution in [2.45, 2.75) is 32.8 Å². The number of benzene rings is 3. The molecule has 4 aromatic rings. The summed E-state index contributed by atoms with van der Waals surface area (Å²) in [7, 11) is 0. The highest BCUT2D eigenvalue weighted by molar-refractivity contribution is 9.10. The summed E-state index contributed by atoms with van der Waals surface area (Å²) in [5, 5.41) is 5.01. The van der Waals surface area contributed by atoms with Crippen LogP contribution < -0.4 is 10.3 Å². The van der Waals surface area contributed by atoms with Gasteiger partial charge in [-0.3, -0.25) is 4.79 Å². The number of fused-ring (bicyclic) bond motifs is 1. The summed E-state index contributed by atoms with van der Waals surface area (Å²) in [6, 6.07) is 17.2. The number of rotatable bonds is 7. The predicted octanol–water partition coefficient (Wildman–Crippen LogP) is 7.04. The molecule has 0 saturated heterocycles. The van der Waals surface area contributed by atoms with Gasteiger partial charge in [0.2, 0.25) is 0 Å². The molecular weight excluding hydrogens is 565 g/mol. The highest BCUT2D eigenvalue weighted by atomic mass is 79.9. The Morgan fingerprint density at radius 3 is 2.59 bits per heavy atom. The molecule has 34 heavy (non-hydrogen) atoms. The predicted molar refractivity (Wildman–Crippen MR) is 140 cm³/mol. The van der Waals surface area contributed by atoms with Gasteiger partial charge in [-0.25, -0.2) is 9.37 Å². The van der Waals surface area contributed by atoms with Gasteiger partial charge in [0.25, 0.3) is 5.56 Å². The van der Waals surface area contributed by atoms with Crippen LogP contribution in [-0.2, 0) is 6.61 Å². The van der Waals surface area contributed by atoms with E-state index in [2.05, 4.69) is 43.9 Å². The lowest BCUT2D eigenvalue weighted by molar-refractivity contribution is 0.304. The van der Waals surface area contributed by atoms with Crippen molar-refractivity contribution in [1.82, 2.24) is 9.66 Å². The molecule has 0 bridgehead atoms. The molecule has 0 saturated carbocycles. The molecule has 5 nitrogen and oxygen atoms in total. The maximum atomic E-state index is 13.2. The van der Waals surface area contributed by atoms with Crippen molar-refractivity contribution < 1.29 is 9.13 Å². The lowest BCUT2D eigenvalue weighted by Crippen LogP contribution is -2.23. The number of aromatic nitrogens is 2. The van der Waals surface area contributed by atoms with Gasteiger partial charge in [0.15, 0.2) is 0 Å². The molecule has 1 heterocycles. The summed E-state index contributed by atoms with van der Waals surface area (Å²) in [6.45, 7) is 4.40. The van der Waals surface area contributed by atoms with Gasteiger partial charge in [-0.1, -0.05) is 41.9 Å². The summed E-state index contributed by atoms with van der Waals surface area (Å²) < 4.78 is 21.9. The van der Waals surface area contributed by atoms with Gasteiger partial charge in [0.1, 0.15) is 24.0 Å². The molecule has 174 valence electrons. The molecule has 0 aliphatic carbocycles. The van der Waals surface area contributed by atoms with Crippen LogP contribution in [0.1, 0.15) is 43.1 Å². The third-order valence-electron chi connectivity index (χ3n) is 5.47. The van der Waals surface area contributed by atoms with Crippen LogP contribution in [0.15, 0.2) is 79.5 Å². The summed E-state index contributed by atoms with van der Waals surface area (Å²) in [6.07, 6.45) is 2.46. The SMILES string of the molecule is CC[C@H](C)c1nc2ccc(Br)cc2c(=O)n1N=Cc1ccc(OCc2ccc(F)cc2)c(Br)c1. The average Bonchev–Trinajstić information content (AvgIpc) is 2.83. The van der Waals surface area contributed by atoms with Gasteiger partial charge in [-0.2, -0.15) is 9.78 Å². The molecule has 0 unspecified atom stereocenters. The lowest BCUT2D eigenvalue weighted by atomic mass is 10.1. The van der Waals surface area contributed by atoms with Crippen molar-refractivity contribution in [3.8, 4) is 5.75 Å². The largest absolute Gasteiger partial charge is 0.488 e. The third kappa shape index (κ3) is 5.45. The minimum Gasteiger partial charge on any atom is -0.488 e. The monoisotopic (exact) mass is 585 g/mol. The Bertz CT molecular complexity index is 1420. The highest BCUT2D eigenvalue weighted by Crippen LogP contribution is 2.27. The summed E-state index contributed by atoms with van der Waals surface area (Å²) in [5.74, 6) is 1.05. The maximum Gasteiger partial charge on any atom is 0.282 e. The number of hydrogen-bond donors (Lipinski definition) is 0. The van der Waals surface area contributed by atoms with Gasteiger partial charge in [-0.05, 0) is 82.0 Å². The van der Waals surface area contributed by atoms with E-state index in [1.807, 2.05) is 37.3 Å². The Labute approximate surface area is 213 Å². The Morgan fingerprint density at radius 1 is 1.12 bits per heavy atom. The van der Waals surface area contributed by atoms with Crippen LogP contribution in [0.4, 0.5) is 4.39 Å². The van der Waals surface area contributed by atoms with E-state index in [9.17, 15) is 9.18 Å². The summed E-state index contributed by atoms with van der Waals surface area (Å²) in [4.78, 5) is 18.0. The topological polar surface area (TPSA) is 56.5 Å². The first kappa shape index (κ1) is 24.3. The molecule has 0 fully saturated rings. The summed E-state index contributed by atoms with van der Waals surface area (Å²) >= 11 is 6.95. The fourth-order valence-electron chi connectivity index (χ4n) is 3.36. The third-order valence-corrected chi connectivity index (χ3v) is 6.59. The van der Waals surface area contributed by atoms with E-state index >= 15 is 0 Å². The van der Waals surface area contributed by atoms with E-state index in [1.54, 1.807) is 24.4 Å². The summed E-state index contributed by atoms with van der Waals surface area (Å²) in [5.41, 5.74) is 2.10. The van der Waals surface area contributed by atoms with E-state index in [1.165, 1.54) is 16.8 Å². The van der Waals surface area contributed by atoms with Crippen molar-refractivity contribution in [3.05, 3.63) is 103 Å². The molecule has 4 rings (SSSR count). The van der Waals surface area contributed by atoms with Gasteiger partial charge in [0.05, 0.1) is 21.6 Å². The normalized spacial score (nSPS) is 12.4. The van der Waals surface area contributed by atoms with Crippen LogP contribution in [0.25, 0.3) is 10.9 Å². The second-order valence-corrected chi connectivity index (χ2v) is 9.68. The molecule has 1 aromatic heterocycles. The molecule has 0 spiro atoms. The van der Waals surface area contributed by atoms with E-state index in [0.717, 1.165) is 26.5 Å². The first-order valence-corrected chi connectivity index (χ1v) is 12.4. The first-order chi connectivity index (χ1) is 16.4. The van der Waals surface area contributed by atoms with Gasteiger partial charge in [-0.15, -0.1) is 0 Å². The molecular formula is C26H22Br2FN3O2. The Balaban J connectivity index is 1.62. The molecule has 0 aliphatic heterocycles.